The van der Waals surface area contributed by atoms with Crippen molar-refractivity contribution in [1.82, 2.24) is 0 Å². The predicted octanol–water partition coefficient (Wildman–Crippen LogP) is 4.94. The Morgan fingerprint density at radius 3 is 2.24 bits per heavy atom. The quantitative estimate of drug-likeness (QED) is 0.180. The summed E-state index contributed by atoms with van der Waals surface area (Å²) in [4.78, 5) is 11.2. The van der Waals surface area contributed by atoms with Gasteiger partial charge >= 0.3 is 5.97 Å². The number of carboxylic acids is 1. The third-order valence-electron chi connectivity index (χ3n) is 5.28. The molecule has 4 rings (SSSR count). The number of carboxylic acid groups (broad SMARTS) is 1. The van der Waals surface area contributed by atoms with Crippen LogP contribution in [0, 0.1) is 0 Å². The minimum atomic E-state index is -3.77. The molecule has 0 saturated heterocycles. The molecule has 0 bridgehead atoms. The number of nitrogens with zero attached hydrogens (tertiary/aromatic N) is 1. The van der Waals surface area contributed by atoms with E-state index in [1.54, 1.807) is 66.7 Å². The van der Waals surface area contributed by atoms with Crippen molar-refractivity contribution in [2.45, 2.75) is 16.2 Å². The highest BCUT2D eigenvalue weighted by atomic mass is 32.2. The zero-order valence-electron chi connectivity index (χ0n) is 19.8. The van der Waals surface area contributed by atoms with E-state index in [1.807, 2.05) is 0 Å². The van der Waals surface area contributed by atoms with Gasteiger partial charge in [-0.1, -0.05) is 36.4 Å². The van der Waals surface area contributed by atoms with Gasteiger partial charge in [-0.25, -0.2) is 16.9 Å². The van der Waals surface area contributed by atoms with Crippen LogP contribution in [0.4, 0.5) is 10.7 Å². The zero-order valence-corrected chi connectivity index (χ0v) is 22.2. The van der Waals surface area contributed by atoms with E-state index in [-0.39, 0.29) is 34.4 Å². The predicted molar refractivity (Wildman–Crippen MR) is 144 cm³/mol. The highest BCUT2D eigenvalue weighted by molar-refractivity contribution is 7.91. The summed E-state index contributed by atoms with van der Waals surface area (Å²) in [5.74, 6) is 0.00436. The largest absolute Gasteiger partial charge is 0.490 e. The maximum atomic E-state index is 12.9. The van der Waals surface area contributed by atoms with Gasteiger partial charge in [0.15, 0.2) is 0 Å². The number of rotatable bonds is 12. The number of carbonyl (C=O) groups is 1. The van der Waals surface area contributed by atoms with E-state index in [1.165, 1.54) is 23.6 Å². The van der Waals surface area contributed by atoms with E-state index in [4.69, 9.17) is 14.6 Å². The minimum Gasteiger partial charge on any atom is -0.490 e. The Labute approximate surface area is 226 Å². The molecule has 0 radical (unpaired) electrons. The summed E-state index contributed by atoms with van der Waals surface area (Å²) in [5.41, 5.74) is 0.928. The number of thiophene rings is 1. The average Bonchev–Trinajstić information content (AvgIpc) is 3.39. The molecule has 38 heavy (non-hydrogen) atoms. The van der Waals surface area contributed by atoms with E-state index in [2.05, 4.69) is 0 Å². The van der Waals surface area contributed by atoms with Gasteiger partial charge < -0.3 is 14.6 Å². The first-order valence-corrected chi connectivity index (χ1v) is 14.6. The molecule has 1 aromatic heterocycles. The molecule has 1 heterocycles. The molecule has 0 amide bonds. The molecular formula is C26H23NO8S3. The molecule has 4 aromatic rings. The third-order valence-corrected chi connectivity index (χ3v) is 8.92. The summed E-state index contributed by atoms with van der Waals surface area (Å²) >= 11 is -1.42. The molecule has 1 unspecified atom stereocenters. The molecule has 3 aromatic carbocycles. The van der Waals surface area contributed by atoms with Crippen LogP contribution >= 0.6 is 11.3 Å². The first kappa shape index (κ1) is 27.3. The number of aliphatic carboxylic acids is 1. The fourth-order valence-corrected chi connectivity index (χ4v) is 6.84. The SMILES string of the molecule is O=C(O)Cc1ccccc1OCCOc1ccc(N(c2cc(S(=O)(=O)c3ccccc3)cs2)S(=O)O)cc1. The maximum Gasteiger partial charge on any atom is 0.307 e. The van der Waals surface area contributed by atoms with Crippen molar-refractivity contribution >= 4 is 49.1 Å². The van der Waals surface area contributed by atoms with Crippen LogP contribution in [0.15, 0.2) is 100 Å². The summed E-state index contributed by atoms with van der Waals surface area (Å²) in [7, 11) is -3.77. The lowest BCUT2D eigenvalue weighted by atomic mass is 10.1. The number of sulfone groups is 1. The van der Waals surface area contributed by atoms with Gasteiger partial charge in [0.25, 0.3) is 11.3 Å². The van der Waals surface area contributed by atoms with Crippen molar-refractivity contribution in [3.8, 4) is 11.5 Å². The molecular weight excluding hydrogens is 550 g/mol. The maximum absolute atomic E-state index is 12.9. The van der Waals surface area contributed by atoms with Gasteiger partial charge in [-0.15, -0.1) is 11.3 Å². The minimum absolute atomic E-state index is 0.0315. The van der Waals surface area contributed by atoms with E-state index in [0.717, 1.165) is 15.6 Å². The second-order valence-electron chi connectivity index (χ2n) is 7.83. The Hall–Kier alpha value is -3.71. The van der Waals surface area contributed by atoms with Crippen LogP contribution in [-0.2, 0) is 32.3 Å². The average molecular weight is 574 g/mol. The van der Waals surface area contributed by atoms with Gasteiger partial charge in [0, 0.05) is 10.9 Å². The summed E-state index contributed by atoms with van der Waals surface area (Å²) in [5, 5.41) is 10.7. The Morgan fingerprint density at radius 2 is 1.55 bits per heavy atom. The Balaban J connectivity index is 1.40. The second kappa shape index (κ2) is 12.2. The van der Waals surface area contributed by atoms with Crippen LogP contribution < -0.4 is 13.8 Å². The molecule has 0 aliphatic heterocycles. The monoisotopic (exact) mass is 573 g/mol. The van der Waals surface area contributed by atoms with Crippen LogP contribution in [0.2, 0.25) is 0 Å². The molecule has 0 spiro atoms. The fourth-order valence-electron chi connectivity index (χ4n) is 3.53. The molecule has 2 N–H and O–H groups in total. The van der Waals surface area contributed by atoms with Crippen LogP contribution in [0.3, 0.4) is 0 Å². The van der Waals surface area contributed by atoms with E-state index >= 15 is 0 Å². The molecule has 12 heteroatoms. The molecule has 0 fully saturated rings. The van der Waals surface area contributed by atoms with Crippen molar-refractivity contribution in [3.63, 3.8) is 0 Å². The van der Waals surface area contributed by atoms with Gasteiger partial charge in [0.1, 0.15) is 29.7 Å². The summed E-state index contributed by atoms with van der Waals surface area (Å²) in [6.07, 6.45) is -0.148. The molecule has 9 nitrogen and oxygen atoms in total. The molecule has 0 saturated carbocycles. The number of hydrogen-bond donors (Lipinski definition) is 2. The fraction of sp³-hybridized carbons (Fsp3) is 0.115. The summed E-state index contributed by atoms with van der Waals surface area (Å²) in [6, 6.07) is 22.6. The first-order valence-electron chi connectivity index (χ1n) is 11.2. The zero-order chi connectivity index (χ0) is 27.1. The smallest absolute Gasteiger partial charge is 0.307 e. The molecule has 0 aliphatic rings. The summed E-state index contributed by atoms with van der Waals surface area (Å²) < 4.78 is 60.3. The summed E-state index contributed by atoms with van der Waals surface area (Å²) in [6.45, 7) is 0.362. The number of anilines is 2. The number of benzene rings is 3. The van der Waals surface area contributed by atoms with Gasteiger partial charge in [0.05, 0.1) is 21.9 Å². The highest BCUT2D eigenvalue weighted by Gasteiger charge is 2.23. The lowest BCUT2D eigenvalue weighted by molar-refractivity contribution is -0.136. The van der Waals surface area contributed by atoms with Crippen LogP contribution in [0.25, 0.3) is 0 Å². The Morgan fingerprint density at radius 1 is 0.895 bits per heavy atom. The first-order chi connectivity index (χ1) is 18.3. The van der Waals surface area contributed by atoms with Gasteiger partial charge in [0.2, 0.25) is 9.84 Å². The lowest BCUT2D eigenvalue weighted by Gasteiger charge is -2.18. The Kier molecular flexibility index (Phi) is 8.79. The second-order valence-corrected chi connectivity index (χ2v) is 11.5. The number of hydrogen-bond acceptors (Lipinski definition) is 7. The van der Waals surface area contributed by atoms with Crippen LogP contribution in [-0.4, -0.2) is 41.5 Å². The molecule has 1 atom stereocenters. The number of para-hydroxylation sites is 1. The van der Waals surface area contributed by atoms with Crippen molar-refractivity contribution in [1.29, 1.82) is 0 Å². The lowest BCUT2D eigenvalue weighted by Crippen LogP contribution is -2.18. The van der Waals surface area contributed by atoms with Crippen molar-refractivity contribution in [2.24, 2.45) is 0 Å². The van der Waals surface area contributed by atoms with Crippen molar-refractivity contribution in [2.75, 3.05) is 17.5 Å². The van der Waals surface area contributed by atoms with Crippen molar-refractivity contribution < 1.29 is 36.6 Å². The van der Waals surface area contributed by atoms with Gasteiger partial charge in [-0.2, -0.15) is 0 Å². The molecule has 0 aliphatic carbocycles. The van der Waals surface area contributed by atoms with Crippen LogP contribution in [0.1, 0.15) is 5.56 Å². The van der Waals surface area contributed by atoms with E-state index < -0.39 is 27.1 Å². The Bertz CT molecular complexity index is 1520. The number of ether oxygens (including phenoxy) is 2. The standard InChI is InChI=1S/C26H23NO8S3/c28-26(29)16-19-6-4-5-9-24(19)35-15-14-34-21-12-10-20(11-13-21)27(37(30)31)25-17-23(18-36-25)38(32,33)22-7-2-1-3-8-22/h1-13,17-18H,14-16H2,(H,28,29)(H,30,31). The van der Waals surface area contributed by atoms with Crippen molar-refractivity contribution in [3.05, 3.63) is 95.9 Å². The topological polar surface area (TPSA) is 130 Å². The van der Waals surface area contributed by atoms with Crippen LogP contribution in [0.5, 0.6) is 11.5 Å². The van der Waals surface area contributed by atoms with Gasteiger partial charge in [-0.3, -0.25) is 9.35 Å². The molecule has 198 valence electrons. The van der Waals surface area contributed by atoms with E-state index in [0.29, 0.717) is 22.7 Å². The van der Waals surface area contributed by atoms with Gasteiger partial charge in [-0.05, 0) is 48.5 Å². The third kappa shape index (κ3) is 6.58. The van der Waals surface area contributed by atoms with E-state index in [9.17, 15) is 22.0 Å². The highest BCUT2D eigenvalue weighted by Crippen LogP contribution is 2.36. The normalized spacial score (nSPS) is 12.0.